The molecule has 2 amide bonds. The van der Waals surface area contributed by atoms with E-state index in [1.807, 2.05) is 6.92 Å². The number of carbonyl (C=O) groups excluding carboxylic acids is 2. The molecule has 2 aromatic carbocycles. The lowest BCUT2D eigenvalue weighted by Crippen LogP contribution is -2.34. The summed E-state index contributed by atoms with van der Waals surface area (Å²) < 4.78 is 33.2. The average Bonchev–Trinajstić information content (AvgIpc) is 3.47. The number of furan rings is 1. The van der Waals surface area contributed by atoms with E-state index in [4.69, 9.17) is 16.6 Å². The first-order valence-corrected chi connectivity index (χ1v) is 12.5. The molecule has 0 unspecified atom stereocenters. The second-order valence-electron chi connectivity index (χ2n) is 7.45. The maximum Gasteiger partial charge on any atom is 0.274 e. The number of hydrogen-bond donors (Lipinski definition) is 0. The maximum atomic E-state index is 13.6. The van der Waals surface area contributed by atoms with Crippen LogP contribution in [0, 0.1) is 6.92 Å². The highest BCUT2D eigenvalue weighted by Crippen LogP contribution is 2.46. The van der Waals surface area contributed by atoms with Gasteiger partial charge in [-0.3, -0.25) is 14.5 Å². The van der Waals surface area contributed by atoms with Crippen molar-refractivity contribution in [3.05, 3.63) is 88.7 Å². The molecule has 0 radical (unpaired) electrons. The van der Waals surface area contributed by atoms with Gasteiger partial charge in [0.15, 0.2) is 0 Å². The topological polar surface area (TPSA) is 87.9 Å². The molecule has 1 fully saturated rings. The highest BCUT2D eigenvalue weighted by molar-refractivity contribution is 8.26. The predicted octanol–water partition coefficient (Wildman–Crippen LogP) is 4.10. The Bertz CT molecular complexity index is 1440. The van der Waals surface area contributed by atoms with Crippen LogP contribution in [-0.2, 0) is 26.2 Å². The number of sulfonamides is 1. The van der Waals surface area contributed by atoms with Crippen molar-refractivity contribution >= 4 is 61.4 Å². The van der Waals surface area contributed by atoms with Crippen LogP contribution >= 0.6 is 24.0 Å². The van der Waals surface area contributed by atoms with Crippen molar-refractivity contribution in [1.29, 1.82) is 0 Å². The molecule has 1 aromatic heterocycles. The van der Waals surface area contributed by atoms with Crippen molar-refractivity contribution in [2.75, 3.05) is 4.31 Å². The van der Waals surface area contributed by atoms with Crippen LogP contribution in [0.1, 0.15) is 16.9 Å². The van der Waals surface area contributed by atoms with Crippen LogP contribution < -0.4 is 4.31 Å². The van der Waals surface area contributed by atoms with Gasteiger partial charge in [-0.1, -0.05) is 59.9 Å². The van der Waals surface area contributed by atoms with Gasteiger partial charge in [0.2, 0.25) is 0 Å². The molecule has 3 aromatic rings. The molecule has 0 bridgehead atoms. The van der Waals surface area contributed by atoms with E-state index < -0.39 is 21.8 Å². The van der Waals surface area contributed by atoms with Crippen molar-refractivity contribution in [2.45, 2.75) is 18.4 Å². The standard InChI is InChI=1S/C23H16N2O5S3/c1-14-8-10-16(11-9-14)33(28,29)25-18-7-3-2-6-17(18)19(21(25)26)20-22(27)24(23(31)32-20)13-15-5-4-12-30-15/h2-12H,13H2,1H3. The summed E-state index contributed by atoms with van der Waals surface area (Å²) in [4.78, 5) is 28.2. The molecule has 2 aliphatic rings. The molecule has 166 valence electrons. The van der Waals surface area contributed by atoms with Crippen LogP contribution in [0.15, 0.2) is 81.1 Å². The Morgan fingerprint density at radius 3 is 2.39 bits per heavy atom. The highest BCUT2D eigenvalue weighted by atomic mass is 32.2. The van der Waals surface area contributed by atoms with E-state index >= 15 is 0 Å². The fourth-order valence-electron chi connectivity index (χ4n) is 3.71. The number of aryl methyl sites for hydroxylation is 1. The first kappa shape index (κ1) is 21.6. The van der Waals surface area contributed by atoms with Gasteiger partial charge in [-0.25, -0.2) is 8.42 Å². The smallest absolute Gasteiger partial charge is 0.274 e. The van der Waals surface area contributed by atoms with Gasteiger partial charge < -0.3 is 4.42 Å². The number of amides is 2. The first-order valence-electron chi connectivity index (χ1n) is 9.85. The zero-order valence-electron chi connectivity index (χ0n) is 17.2. The van der Waals surface area contributed by atoms with Crippen LogP contribution in [0.5, 0.6) is 0 Å². The van der Waals surface area contributed by atoms with Gasteiger partial charge in [0.05, 0.1) is 33.9 Å². The van der Waals surface area contributed by atoms with Crippen LogP contribution in [0.25, 0.3) is 5.57 Å². The lowest BCUT2D eigenvalue weighted by molar-refractivity contribution is -0.123. The Hall–Kier alpha value is -3.21. The van der Waals surface area contributed by atoms with Crippen LogP contribution in [0.3, 0.4) is 0 Å². The molecule has 5 rings (SSSR count). The Kier molecular flexibility index (Phi) is 5.23. The second kappa shape index (κ2) is 7.98. The monoisotopic (exact) mass is 496 g/mol. The van der Waals surface area contributed by atoms with E-state index in [2.05, 4.69) is 0 Å². The predicted molar refractivity (Wildman–Crippen MR) is 129 cm³/mol. The lowest BCUT2D eigenvalue weighted by Gasteiger charge is -2.17. The number of anilines is 1. The molecule has 0 atom stereocenters. The third-order valence-corrected chi connectivity index (χ3v) is 8.48. The van der Waals surface area contributed by atoms with Crippen molar-refractivity contribution < 1.29 is 22.4 Å². The number of carbonyl (C=O) groups is 2. The van der Waals surface area contributed by atoms with Crippen molar-refractivity contribution in [3.63, 3.8) is 0 Å². The molecule has 0 N–H and O–H groups in total. The fraction of sp³-hybridized carbons (Fsp3) is 0.0870. The summed E-state index contributed by atoms with van der Waals surface area (Å²) in [6, 6.07) is 16.2. The molecule has 0 spiro atoms. The quantitative estimate of drug-likeness (QED) is 0.397. The molecule has 1 saturated heterocycles. The normalized spacial score (nSPS) is 18.4. The minimum atomic E-state index is -4.20. The van der Waals surface area contributed by atoms with Gasteiger partial charge in [-0.15, -0.1) is 0 Å². The summed E-state index contributed by atoms with van der Waals surface area (Å²) in [5.41, 5.74) is 1.50. The van der Waals surface area contributed by atoms with Crippen molar-refractivity contribution in [2.24, 2.45) is 0 Å². The van der Waals surface area contributed by atoms with E-state index in [9.17, 15) is 18.0 Å². The highest BCUT2D eigenvalue weighted by Gasteiger charge is 2.46. The lowest BCUT2D eigenvalue weighted by atomic mass is 10.1. The van der Waals surface area contributed by atoms with E-state index in [1.54, 1.807) is 48.5 Å². The van der Waals surface area contributed by atoms with Gasteiger partial charge in [0, 0.05) is 5.56 Å². The van der Waals surface area contributed by atoms with E-state index in [1.165, 1.54) is 23.3 Å². The Morgan fingerprint density at radius 2 is 1.70 bits per heavy atom. The Balaban J connectivity index is 1.61. The molecule has 7 nitrogen and oxygen atoms in total. The minimum absolute atomic E-state index is 0.0112. The molecule has 2 aliphatic heterocycles. The number of thioether (sulfide) groups is 1. The zero-order chi connectivity index (χ0) is 23.3. The molecular weight excluding hydrogens is 480 g/mol. The summed E-state index contributed by atoms with van der Waals surface area (Å²) in [7, 11) is -4.20. The maximum absolute atomic E-state index is 13.6. The molecule has 0 aliphatic carbocycles. The van der Waals surface area contributed by atoms with Crippen molar-refractivity contribution in [3.8, 4) is 0 Å². The third-order valence-electron chi connectivity index (χ3n) is 5.32. The Morgan fingerprint density at radius 1 is 0.970 bits per heavy atom. The number of benzene rings is 2. The fourth-order valence-corrected chi connectivity index (χ4v) is 6.45. The van der Waals surface area contributed by atoms with Crippen LogP contribution in [0.2, 0.25) is 0 Å². The molecule has 3 heterocycles. The number of hydrogen-bond acceptors (Lipinski definition) is 7. The van der Waals surface area contributed by atoms with Crippen LogP contribution in [0.4, 0.5) is 5.69 Å². The van der Waals surface area contributed by atoms with Gasteiger partial charge in [0.1, 0.15) is 10.1 Å². The Labute approximate surface area is 199 Å². The largest absolute Gasteiger partial charge is 0.467 e. The van der Waals surface area contributed by atoms with Gasteiger partial charge >= 0.3 is 0 Å². The van der Waals surface area contributed by atoms with E-state index in [0.717, 1.165) is 21.6 Å². The van der Waals surface area contributed by atoms with Crippen molar-refractivity contribution in [1.82, 2.24) is 4.90 Å². The van der Waals surface area contributed by atoms with Gasteiger partial charge in [-0.05, 0) is 37.3 Å². The second-order valence-corrected chi connectivity index (χ2v) is 10.9. The number of thiocarbonyl (C=S) groups is 1. The minimum Gasteiger partial charge on any atom is -0.467 e. The summed E-state index contributed by atoms with van der Waals surface area (Å²) in [5.74, 6) is -0.705. The zero-order valence-corrected chi connectivity index (χ0v) is 19.7. The SMILES string of the molecule is Cc1ccc(S(=O)(=O)N2C(=O)C(=C3SC(=S)N(Cc4ccco4)C3=O)c3ccccc32)cc1. The molecule has 33 heavy (non-hydrogen) atoms. The van der Waals surface area contributed by atoms with Gasteiger partial charge in [0.25, 0.3) is 21.8 Å². The molecular formula is C23H16N2O5S3. The van der Waals surface area contributed by atoms with Gasteiger partial charge in [-0.2, -0.15) is 4.31 Å². The summed E-state index contributed by atoms with van der Waals surface area (Å²) in [6.45, 7) is 1.96. The molecule has 0 saturated carbocycles. The molecule has 10 heteroatoms. The number of para-hydroxylation sites is 1. The number of rotatable bonds is 4. The average molecular weight is 497 g/mol. The van der Waals surface area contributed by atoms with E-state index in [0.29, 0.717) is 11.3 Å². The summed E-state index contributed by atoms with van der Waals surface area (Å²) in [6.07, 6.45) is 1.50. The number of fused-ring (bicyclic) bond motifs is 1. The number of nitrogens with zero attached hydrogens (tertiary/aromatic N) is 2. The van der Waals surface area contributed by atoms with E-state index in [-0.39, 0.29) is 31.9 Å². The summed E-state index contributed by atoms with van der Waals surface area (Å²) in [5, 5.41) is 0. The first-order chi connectivity index (χ1) is 15.8. The van der Waals surface area contributed by atoms with Crippen LogP contribution in [-0.4, -0.2) is 29.5 Å². The third kappa shape index (κ3) is 3.50. The summed E-state index contributed by atoms with van der Waals surface area (Å²) >= 11 is 6.36.